The molecule has 0 radical (unpaired) electrons. The van der Waals surface area contributed by atoms with E-state index < -0.39 is 30.4 Å². The fourth-order valence-electron chi connectivity index (χ4n) is 2.89. The molecule has 5 heteroatoms. The first-order valence-electron chi connectivity index (χ1n) is 6.04. The Morgan fingerprint density at radius 3 is 2.50 bits per heavy atom. The third-order valence-electron chi connectivity index (χ3n) is 3.77. The van der Waals surface area contributed by atoms with Gasteiger partial charge in [-0.2, -0.15) is 0 Å². The number of aliphatic hydroxyl groups excluding tert-OH is 2. The molecule has 0 aromatic rings. The Morgan fingerprint density at radius 1 is 1.12 bits per heavy atom. The van der Waals surface area contributed by atoms with Crippen molar-refractivity contribution < 1.29 is 24.4 Å². The van der Waals surface area contributed by atoms with Gasteiger partial charge in [0.25, 0.3) is 0 Å². The van der Waals surface area contributed by atoms with Crippen molar-refractivity contribution in [3.05, 3.63) is 0 Å². The van der Waals surface area contributed by atoms with Crippen LogP contribution in [0.2, 0.25) is 0 Å². The molecule has 2 heterocycles. The SMILES string of the molecule is OC[C@H]1OC2OC3(CCCCC3)O[C@@H]2[C@H]1O. The van der Waals surface area contributed by atoms with Crippen molar-refractivity contribution in [1.29, 1.82) is 0 Å². The summed E-state index contributed by atoms with van der Waals surface area (Å²) in [5.74, 6) is -0.533. The zero-order valence-electron chi connectivity index (χ0n) is 9.17. The summed E-state index contributed by atoms with van der Waals surface area (Å²) in [6, 6.07) is 0. The van der Waals surface area contributed by atoms with Crippen molar-refractivity contribution in [2.75, 3.05) is 6.61 Å². The van der Waals surface area contributed by atoms with Gasteiger partial charge in [0, 0.05) is 12.8 Å². The van der Waals surface area contributed by atoms with Gasteiger partial charge in [0.15, 0.2) is 12.1 Å². The molecule has 0 aromatic heterocycles. The Balaban J connectivity index is 1.71. The lowest BCUT2D eigenvalue weighted by atomic mass is 9.94. The first-order chi connectivity index (χ1) is 7.74. The van der Waals surface area contributed by atoms with Gasteiger partial charge in [0.05, 0.1) is 6.61 Å². The van der Waals surface area contributed by atoms with Gasteiger partial charge >= 0.3 is 0 Å². The molecule has 0 amide bonds. The minimum absolute atomic E-state index is 0.201. The van der Waals surface area contributed by atoms with E-state index in [-0.39, 0.29) is 6.61 Å². The molecule has 2 saturated heterocycles. The summed E-state index contributed by atoms with van der Waals surface area (Å²) in [6.45, 7) is -0.201. The first kappa shape index (κ1) is 10.9. The lowest BCUT2D eigenvalue weighted by Gasteiger charge is -2.33. The van der Waals surface area contributed by atoms with E-state index in [1.54, 1.807) is 0 Å². The van der Waals surface area contributed by atoms with Crippen molar-refractivity contribution in [2.45, 2.75) is 62.5 Å². The lowest BCUT2D eigenvalue weighted by molar-refractivity contribution is -0.248. The van der Waals surface area contributed by atoms with Gasteiger partial charge in [-0.25, -0.2) is 0 Å². The van der Waals surface area contributed by atoms with Crippen LogP contribution in [0.5, 0.6) is 0 Å². The maximum absolute atomic E-state index is 9.88. The third-order valence-corrected chi connectivity index (χ3v) is 3.77. The van der Waals surface area contributed by atoms with Crippen LogP contribution in [-0.2, 0) is 14.2 Å². The van der Waals surface area contributed by atoms with Crippen molar-refractivity contribution in [3.8, 4) is 0 Å². The average molecular weight is 230 g/mol. The van der Waals surface area contributed by atoms with Crippen molar-refractivity contribution in [2.24, 2.45) is 0 Å². The van der Waals surface area contributed by atoms with Crippen LogP contribution >= 0.6 is 0 Å². The highest BCUT2D eigenvalue weighted by Crippen LogP contribution is 2.44. The highest BCUT2D eigenvalue weighted by atomic mass is 16.8. The van der Waals surface area contributed by atoms with Gasteiger partial charge in [0.1, 0.15) is 18.3 Å². The molecule has 4 atom stereocenters. The molecule has 2 aliphatic heterocycles. The quantitative estimate of drug-likeness (QED) is 0.670. The molecular formula is C11H18O5. The number of fused-ring (bicyclic) bond motifs is 1. The molecule has 3 fully saturated rings. The predicted octanol–water partition coefficient (Wildman–Crippen LogP) is 0.140. The van der Waals surface area contributed by atoms with Crippen LogP contribution in [0.1, 0.15) is 32.1 Å². The van der Waals surface area contributed by atoms with E-state index in [9.17, 15) is 5.11 Å². The molecule has 1 saturated carbocycles. The first-order valence-corrected chi connectivity index (χ1v) is 6.04. The van der Waals surface area contributed by atoms with Crippen molar-refractivity contribution in [1.82, 2.24) is 0 Å². The van der Waals surface area contributed by atoms with E-state index in [1.807, 2.05) is 0 Å². The number of hydrogen-bond acceptors (Lipinski definition) is 5. The van der Waals surface area contributed by atoms with Gasteiger partial charge in [0.2, 0.25) is 0 Å². The molecule has 1 unspecified atom stereocenters. The highest BCUT2D eigenvalue weighted by Gasteiger charge is 2.57. The Kier molecular flexibility index (Phi) is 2.68. The molecule has 5 nitrogen and oxygen atoms in total. The fourth-order valence-corrected chi connectivity index (χ4v) is 2.89. The van der Waals surface area contributed by atoms with E-state index in [0.29, 0.717) is 0 Å². The summed E-state index contributed by atoms with van der Waals surface area (Å²) >= 11 is 0. The number of aliphatic hydroxyl groups is 2. The Hall–Kier alpha value is -0.200. The molecule has 16 heavy (non-hydrogen) atoms. The largest absolute Gasteiger partial charge is 0.394 e. The van der Waals surface area contributed by atoms with Crippen LogP contribution in [0.3, 0.4) is 0 Å². The Labute approximate surface area is 94.3 Å². The summed E-state index contributed by atoms with van der Waals surface area (Å²) in [4.78, 5) is 0. The predicted molar refractivity (Wildman–Crippen MR) is 53.5 cm³/mol. The summed E-state index contributed by atoms with van der Waals surface area (Å²) in [5.41, 5.74) is 0. The normalized spacial score (nSPS) is 46.1. The molecule has 92 valence electrons. The Bertz CT molecular complexity index is 263. The molecule has 3 aliphatic rings. The van der Waals surface area contributed by atoms with Crippen molar-refractivity contribution in [3.63, 3.8) is 0 Å². The minimum Gasteiger partial charge on any atom is -0.394 e. The second-order valence-corrected chi connectivity index (χ2v) is 4.89. The van der Waals surface area contributed by atoms with Crippen molar-refractivity contribution >= 4 is 0 Å². The molecule has 1 aliphatic carbocycles. The second-order valence-electron chi connectivity index (χ2n) is 4.89. The van der Waals surface area contributed by atoms with E-state index in [0.717, 1.165) is 25.7 Å². The minimum atomic E-state index is -0.781. The van der Waals surface area contributed by atoms with Gasteiger partial charge in [-0.05, 0) is 12.8 Å². The molecule has 2 N–H and O–H groups in total. The second kappa shape index (κ2) is 3.92. The standard InChI is InChI=1S/C11H18O5/c12-6-7-8(13)9-10(14-7)16-11(15-9)4-2-1-3-5-11/h7-10,12-13H,1-6H2/t7-,8+,9-,10?/m1/s1. The molecular weight excluding hydrogens is 212 g/mol. The van der Waals surface area contributed by atoms with Gasteiger partial charge in [-0.3, -0.25) is 0 Å². The van der Waals surface area contributed by atoms with Crippen LogP contribution in [-0.4, -0.2) is 47.2 Å². The van der Waals surface area contributed by atoms with E-state index in [1.165, 1.54) is 6.42 Å². The van der Waals surface area contributed by atoms with Crippen LogP contribution in [0.15, 0.2) is 0 Å². The van der Waals surface area contributed by atoms with E-state index in [4.69, 9.17) is 19.3 Å². The Morgan fingerprint density at radius 2 is 1.88 bits per heavy atom. The molecule has 3 rings (SSSR count). The summed E-state index contributed by atoms with van der Waals surface area (Å²) in [5, 5.41) is 18.9. The smallest absolute Gasteiger partial charge is 0.190 e. The average Bonchev–Trinajstić information content (AvgIpc) is 2.77. The number of ether oxygens (including phenoxy) is 3. The zero-order valence-corrected chi connectivity index (χ0v) is 9.17. The lowest BCUT2D eigenvalue weighted by Crippen LogP contribution is -2.39. The van der Waals surface area contributed by atoms with Crippen LogP contribution in [0.4, 0.5) is 0 Å². The summed E-state index contributed by atoms with van der Waals surface area (Å²) in [6.07, 6.45) is 2.86. The molecule has 1 spiro atoms. The zero-order chi connectivity index (χ0) is 11.2. The fraction of sp³-hybridized carbons (Fsp3) is 1.00. The molecule has 0 aromatic carbocycles. The summed E-state index contributed by atoms with van der Waals surface area (Å²) < 4.78 is 17.1. The third kappa shape index (κ3) is 1.58. The van der Waals surface area contributed by atoms with E-state index in [2.05, 4.69) is 0 Å². The monoisotopic (exact) mass is 230 g/mol. The number of rotatable bonds is 1. The maximum Gasteiger partial charge on any atom is 0.190 e. The molecule has 0 bridgehead atoms. The van der Waals surface area contributed by atoms with Gasteiger partial charge in [-0.15, -0.1) is 0 Å². The number of hydrogen-bond donors (Lipinski definition) is 2. The van der Waals surface area contributed by atoms with E-state index >= 15 is 0 Å². The van der Waals surface area contributed by atoms with Crippen LogP contribution in [0, 0.1) is 0 Å². The highest BCUT2D eigenvalue weighted by molar-refractivity contribution is 4.95. The van der Waals surface area contributed by atoms with Gasteiger partial charge < -0.3 is 24.4 Å². The topological polar surface area (TPSA) is 68.2 Å². The summed E-state index contributed by atoms with van der Waals surface area (Å²) in [7, 11) is 0. The van der Waals surface area contributed by atoms with Crippen LogP contribution < -0.4 is 0 Å². The maximum atomic E-state index is 9.88. The van der Waals surface area contributed by atoms with Crippen LogP contribution in [0.25, 0.3) is 0 Å². The van der Waals surface area contributed by atoms with Gasteiger partial charge in [-0.1, -0.05) is 6.42 Å².